The third-order valence-electron chi connectivity index (χ3n) is 3.14. The van der Waals surface area contributed by atoms with E-state index in [2.05, 4.69) is 20.7 Å². The van der Waals surface area contributed by atoms with Crippen LogP contribution >= 0.6 is 0 Å². The maximum absolute atomic E-state index is 12.9. The first kappa shape index (κ1) is 12.5. The van der Waals surface area contributed by atoms with E-state index < -0.39 is 0 Å². The van der Waals surface area contributed by atoms with Crippen molar-refractivity contribution < 1.29 is 9.18 Å². The minimum Gasteiger partial charge on any atom is -0.276 e. The summed E-state index contributed by atoms with van der Waals surface area (Å²) in [6.45, 7) is 0. The van der Waals surface area contributed by atoms with Crippen LogP contribution in [0.4, 0.5) is 4.39 Å². The highest BCUT2D eigenvalue weighted by atomic mass is 19.1. The van der Waals surface area contributed by atoms with Gasteiger partial charge < -0.3 is 0 Å². The molecule has 1 heterocycles. The second-order valence-corrected chi connectivity index (χ2v) is 4.71. The fourth-order valence-corrected chi connectivity index (χ4v) is 1.85. The molecule has 0 unspecified atom stereocenters. The van der Waals surface area contributed by atoms with Crippen molar-refractivity contribution in [2.24, 2.45) is 11.0 Å². The van der Waals surface area contributed by atoms with Crippen molar-refractivity contribution in [2.75, 3.05) is 0 Å². The van der Waals surface area contributed by atoms with Gasteiger partial charge in [-0.15, -0.1) is 0 Å². The summed E-state index contributed by atoms with van der Waals surface area (Å²) in [5.74, 6) is -0.223. The Kier molecular flexibility index (Phi) is 3.28. The molecule has 1 fully saturated rings. The summed E-state index contributed by atoms with van der Waals surface area (Å²) in [5, 5.41) is 10.6. The molecule has 1 aromatic carbocycles. The Bertz CT molecular complexity index is 643. The van der Waals surface area contributed by atoms with Crippen LogP contribution in [0.5, 0.6) is 0 Å². The molecule has 1 saturated carbocycles. The maximum atomic E-state index is 12.9. The van der Waals surface area contributed by atoms with Gasteiger partial charge in [0.1, 0.15) is 5.82 Å². The Hall–Kier alpha value is -2.50. The van der Waals surface area contributed by atoms with Crippen LogP contribution in [0.25, 0.3) is 11.1 Å². The molecule has 5 nitrogen and oxygen atoms in total. The highest BCUT2D eigenvalue weighted by Gasteiger charge is 2.29. The lowest BCUT2D eigenvalue weighted by Gasteiger charge is -1.99. The van der Waals surface area contributed by atoms with Gasteiger partial charge in [0.25, 0.3) is 0 Å². The van der Waals surface area contributed by atoms with Crippen molar-refractivity contribution in [1.82, 2.24) is 15.6 Å². The minimum absolute atomic E-state index is 0.0518. The van der Waals surface area contributed by atoms with Crippen molar-refractivity contribution >= 4 is 12.1 Å². The molecule has 0 radical (unpaired) electrons. The zero-order chi connectivity index (χ0) is 13.9. The van der Waals surface area contributed by atoms with Gasteiger partial charge >= 0.3 is 0 Å². The van der Waals surface area contributed by atoms with Crippen LogP contribution < -0.4 is 5.43 Å². The summed E-state index contributed by atoms with van der Waals surface area (Å²) >= 11 is 0. The van der Waals surface area contributed by atoms with Gasteiger partial charge in [-0.1, -0.05) is 12.1 Å². The molecule has 0 spiro atoms. The van der Waals surface area contributed by atoms with Gasteiger partial charge in [-0.25, -0.2) is 9.82 Å². The molecule has 2 aromatic rings. The molecule has 1 aliphatic rings. The Balaban J connectivity index is 1.74. The van der Waals surface area contributed by atoms with E-state index in [4.69, 9.17) is 0 Å². The number of hydrogen-bond acceptors (Lipinski definition) is 3. The van der Waals surface area contributed by atoms with Gasteiger partial charge in [0.15, 0.2) is 0 Å². The molecule has 1 amide bonds. The van der Waals surface area contributed by atoms with E-state index in [0.717, 1.165) is 24.0 Å². The number of benzene rings is 1. The molecule has 0 saturated heterocycles. The van der Waals surface area contributed by atoms with E-state index in [1.165, 1.54) is 18.3 Å². The molecular formula is C14H13FN4O. The smallest absolute Gasteiger partial charge is 0.243 e. The summed E-state index contributed by atoms with van der Waals surface area (Å²) in [6, 6.07) is 6.11. The fourth-order valence-electron chi connectivity index (χ4n) is 1.85. The number of nitrogens with one attached hydrogen (secondary N) is 2. The van der Waals surface area contributed by atoms with Crippen LogP contribution in [0.3, 0.4) is 0 Å². The average Bonchev–Trinajstić information content (AvgIpc) is 3.20. The van der Waals surface area contributed by atoms with E-state index >= 15 is 0 Å². The molecule has 0 atom stereocenters. The third-order valence-corrected chi connectivity index (χ3v) is 3.14. The second kappa shape index (κ2) is 5.24. The molecule has 0 bridgehead atoms. The predicted molar refractivity (Wildman–Crippen MR) is 72.4 cm³/mol. The SMILES string of the molecule is O=C(NN=Cc1[nH]ncc1-c1ccc(F)cc1)C1CC1. The van der Waals surface area contributed by atoms with Crippen molar-refractivity contribution in [3.63, 3.8) is 0 Å². The largest absolute Gasteiger partial charge is 0.276 e. The van der Waals surface area contributed by atoms with E-state index in [0.29, 0.717) is 5.69 Å². The van der Waals surface area contributed by atoms with Gasteiger partial charge in [0.05, 0.1) is 18.1 Å². The normalized spacial score (nSPS) is 14.7. The van der Waals surface area contributed by atoms with E-state index in [1.54, 1.807) is 18.3 Å². The van der Waals surface area contributed by atoms with Crippen LogP contribution in [-0.4, -0.2) is 22.3 Å². The van der Waals surface area contributed by atoms with E-state index in [1.807, 2.05) is 0 Å². The van der Waals surface area contributed by atoms with Crippen molar-refractivity contribution in [1.29, 1.82) is 0 Å². The van der Waals surface area contributed by atoms with Gasteiger partial charge in [-0.3, -0.25) is 9.89 Å². The fraction of sp³-hybridized carbons (Fsp3) is 0.214. The summed E-state index contributed by atoms with van der Waals surface area (Å²) in [6.07, 6.45) is 5.02. The van der Waals surface area contributed by atoms with Crippen LogP contribution in [0.15, 0.2) is 35.6 Å². The highest BCUT2D eigenvalue weighted by Crippen LogP contribution is 2.28. The molecule has 6 heteroatoms. The summed E-state index contributed by atoms with van der Waals surface area (Å²) < 4.78 is 12.9. The maximum Gasteiger partial charge on any atom is 0.243 e. The first-order valence-corrected chi connectivity index (χ1v) is 6.36. The van der Waals surface area contributed by atoms with Crippen LogP contribution in [0, 0.1) is 11.7 Å². The molecule has 2 N–H and O–H groups in total. The average molecular weight is 272 g/mol. The summed E-state index contributed by atoms with van der Waals surface area (Å²) in [5.41, 5.74) is 4.78. The van der Waals surface area contributed by atoms with Crippen LogP contribution in [0.2, 0.25) is 0 Å². The van der Waals surface area contributed by atoms with Crippen molar-refractivity contribution in [3.05, 3.63) is 42.0 Å². The standard InChI is InChI=1S/C14H13FN4O/c15-11-5-3-9(4-6-11)12-7-16-18-13(12)8-17-19-14(20)10-1-2-10/h3-8,10H,1-2H2,(H,16,18)(H,19,20). The molecule has 102 valence electrons. The molecule has 1 aliphatic carbocycles. The zero-order valence-electron chi connectivity index (χ0n) is 10.6. The summed E-state index contributed by atoms with van der Waals surface area (Å²) in [7, 11) is 0. The lowest BCUT2D eigenvalue weighted by atomic mass is 10.1. The number of rotatable bonds is 4. The van der Waals surface area contributed by atoms with Gasteiger partial charge in [-0.2, -0.15) is 10.2 Å². The zero-order valence-corrected chi connectivity index (χ0v) is 10.6. The number of hydrogen-bond donors (Lipinski definition) is 2. The molecule has 3 rings (SSSR count). The van der Waals surface area contributed by atoms with Gasteiger partial charge in [0.2, 0.25) is 5.91 Å². The monoisotopic (exact) mass is 272 g/mol. The Morgan fingerprint density at radius 1 is 1.40 bits per heavy atom. The second-order valence-electron chi connectivity index (χ2n) is 4.71. The number of halogens is 1. The van der Waals surface area contributed by atoms with Crippen LogP contribution in [-0.2, 0) is 4.79 Å². The number of H-pyrrole nitrogens is 1. The molecule has 0 aliphatic heterocycles. The number of amides is 1. The Labute approximate surface area is 114 Å². The summed E-state index contributed by atoms with van der Waals surface area (Å²) in [4.78, 5) is 11.4. The number of nitrogens with zero attached hydrogens (tertiary/aromatic N) is 2. The topological polar surface area (TPSA) is 70.1 Å². The van der Waals surface area contributed by atoms with E-state index in [-0.39, 0.29) is 17.6 Å². The molecule has 1 aromatic heterocycles. The predicted octanol–water partition coefficient (Wildman–Crippen LogP) is 2.08. The minimum atomic E-state index is -0.288. The number of carbonyl (C=O) groups is 1. The first-order chi connectivity index (χ1) is 9.74. The van der Waals surface area contributed by atoms with Crippen LogP contribution in [0.1, 0.15) is 18.5 Å². The van der Waals surface area contributed by atoms with Gasteiger partial charge in [0, 0.05) is 11.5 Å². The lowest BCUT2D eigenvalue weighted by Crippen LogP contribution is -2.19. The number of carbonyl (C=O) groups excluding carboxylic acids is 1. The third kappa shape index (κ3) is 2.74. The number of hydrazone groups is 1. The Morgan fingerprint density at radius 2 is 2.15 bits per heavy atom. The number of aromatic nitrogens is 2. The lowest BCUT2D eigenvalue weighted by molar-refractivity contribution is -0.122. The quantitative estimate of drug-likeness (QED) is 0.660. The van der Waals surface area contributed by atoms with Crippen molar-refractivity contribution in [2.45, 2.75) is 12.8 Å². The number of aromatic amines is 1. The van der Waals surface area contributed by atoms with E-state index in [9.17, 15) is 9.18 Å². The Morgan fingerprint density at radius 3 is 2.85 bits per heavy atom. The van der Waals surface area contributed by atoms with Gasteiger partial charge in [-0.05, 0) is 30.5 Å². The molecular weight excluding hydrogens is 259 g/mol. The first-order valence-electron chi connectivity index (χ1n) is 6.36. The molecule has 20 heavy (non-hydrogen) atoms. The van der Waals surface area contributed by atoms with Crippen molar-refractivity contribution in [3.8, 4) is 11.1 Å². The highest BCUT2D eigenvalue weighted by molar-refractivity contribution is 5.89.